The highest BCUT2D eigenvalue weighted by molar-refractivity contribution is 6.06. The molecular weight excluding hydrogens is 376 g/mol. The molecule has 4 rings (SSSR count). The molecule has 0 unspecified atom stereocenters. The minimum Gasteiger partial charge on any atom is -0.369 e. The monoisotopic (exact) mass is 398 g/mol. The van der Waals surface area contributed by atoms with Crippen LogP contribution in [0, 0.1) is 0 Å². The van der Waals surface area contributed by atoms with Crippen LogP contribution in [-0.2, 0) is 0 Å². The van der Waals surface area contributed by atoms with Crippen molar-refractivity contribution in [1.29, 1.82) is 0 Å². The van der Waals surface area contributed by atoms with Crippen molar-refractivity contribution in [2.75, 3.05) is 18.9 Å². The summed E-state index contributed by atoms with van der Waals surface area (Å²) in [7, 11) is 1.63. The van der Waals surface area contributed by atoms with Crippen LogP contribution < -0.4 is 10.6 Å². The maximum atomic E-state index is 12.2. The summed E-state index contributed by atoms with van der Waals surface area (Å²) in [5.74, 6) is 0.780. The van der Waals surface area contributed by atoms with E-state index in [2.05, 4.69) is 43.6 Å². The van der Waals surface area contributed by atoms with E-state index in [1.54, 1.807) is 38.0 Å². The van der Waals surface area contributed by atoms with Crippen molar-refractivity contribution in [2.24, 2.45) is 0 Å². The van der Waals surface area contributed by atoms with Gasteiger partial charge in [-0.25, -0.2) is 9.97 Å². The van der Waals surface area contributed by atoms with E-state index in [1.807, 2.05) is 30.3 Å². The van der Waals surface area contributed by atoms with Gasteiger partial charge in [-0.3, -0.25) is 14.8 Å². The van der Waals surface area contributed by atoms with Crippen molar-refractivity contribution in [3.63, 3.8) is 0 Å². The lowest BCUT2D eigenvalue weighted by Crippen LogP contribution is -2.18. The van der Waals surface area contributed by atoms with Gasteiger partial charge in [-0.15, -0.1) is 0 Å². The van der Waals surface area contributed by atoms with Gasteiger partial charge < -0.3 is 10.6 Å². The van der Waals surface area contributed by atoms with Crippen LogP contribution in [0.15, 0.2) is 67.4 Å². The number of carbonyl (C=O) groups is 1. The molecule has 0 fully saturated rings. The Balaban J connectivity index is 1.56. The second kappa shape index (κ2) is 8.65. The molecule has 0 aliphatic rings. The Kier molecular flexibility index (Phi) is 5.61. The summed E-state index contributed by atoms with van der Waals surface area (Å²) in [6, 6.07) is 13.5. The van der Waals surface area contributed by atoms with Crippen LogP contribution in [0.5, 0.6) is 0 Å². The molecule has 30 heavy (non-hydrogen) atoms. The Labute approximate surface area is 174 Å². The number of rotatable bonds is 6. The molecule has 0 aliphatic carbocycles. The maximum Gasteiger partial charge on any atom is 0.251 e. The highest BCUT2D eigenvalue weighted by Crippen LogP contribution is 2.27. The Bertz CT molecular complexity index is 1180. The van der Waals surface area contributed by atoms with Crippen molar-refractivity contribution < 1.29 is 4.79 Å². The van der Waals surface area contributed by atoms with Gasteiger partial charge in [-0.2, -0.15) is 0 Å². The van der Waals surface area contributed by atoms with Crippen LogP contribution in [0.1, 0.15) is 28.8 Å². The van der Waals surface area contributed by atoms with E-state index < -0.39 is 0 Å². The number of fused-ring (bicyclic) bond motifs is 1. The third-order valence-electron chi connectivity index (χ3n) is 5.02. The van der Waals surface area contributed by atoms with E-state index in [-0.39, 0.29) is 11.8 Å². The smallest absolute Gasteiger partial charge is 0.251 e. The molecule has 7 nitrogen and oxygen atoms in total. The third kappa shape index (κ3) is 3.96. The van der Waals surface area contributed by atoms with Crippen LogP contribution >= 0.6 is 0 Å². The lowest BCUT2D eigenvalue weighted by atomic mass is 9.96. The first kappa shape index (κ1) is 19.4. The van der Waals surface area contributed by atoms with Crippen molar-refractivity contribution in [1.82, 2.24) is 25.3 Å². The highest BCUT2D eigenvalue weighted by Gasteiger charge is 2.15. The zero-order valence-electron chi connectivity index (χ0n) is 16.8. The standard InChI is InChI=1S/C23H22N6O/c1-15(12-27-21-11-20(28-14-29-21)16-5-4-9-25-13-16)17-6-3-7-18-19(23(30)24-2)8-10-26-22(17)18/h3-11,13-15H,12H2,1-2H3,(H,24,30)(H,27,28,29)/t15-/m1/s1. The fraction of sp³-hybridized carbons (Fsp3) is 0.174. The number of anilines is 1. The summed E-state index contributed by atoms with van der Waals surface area (Å²) in [5, 5.41) is 6.93. The van der Waals surface area contributed by atoms with Gasteiger partial charge >= 0.3 is 0 Å². The predicted octanol–water partition coefficient (Wildman–Crippen LogP) is 3.66. The van der Waals surface area contributed by atoms with Gasteiger partial charge in [0.05, 0.1) is 16.8 Å². The minimum absolute atomic E-state index is 0.116. The van der Waals surface area contributed by atoms with E-state index in [0.29, 0.717) is 12.1 Å². The first-order valence-corrected chi connectivity index (χ1v) is 9.73. The van der Waals surface area contributed by atoms with E-state index in [0.717, 1.165) is 33.5 Å². The Hall–Kier alpha value is -3.87. The van der Waals surface area contributed by atoms with Crippen molar-refractivity contribution in [2.45, 2.75) is 12.8 Å². The van der Waals surface area contributed by atoms with Gasteiger partial charge in [-0.05, 0) is 23.8 Å². The second-order valence-electron chi connectivity index (χ2n) is 6.99. The number of nitrogens with one attached hydrogen (secondary N) is 2. The molecule has 4 aromatic rings. The van der Waals surface area contributed by atoms with Gasteiger partial charge in [0.15, 0.2) is 0 Å². The highest BCUT2D eigenvalue weighted by atomic mass is 16.1. The zero-order valence-corrected chi connectivity index (χ0v) is 16.8. The first-order chi connectivity index (χ1) is 14.7. The molecule has 7 heteroatoms. The maximum absolute atomic E-state index is 12.2. The number of hydrogen-bond acceptors (Lipinski definition) is 6. The van der Waals surface area contributed by atoms with Crippen molar-refractivity contribution in [3.05, 3.63) is 78.5 Å². The Morgan fingerprint density at radius 3 is 2.77 bits per heavy atom. The summed E-state index contributed by atoms with van der Waals surface area (Å²) in [6.45, 7) is 2.79. The molecule has 1 atom stereocenters. The molecule has 0 saturated carbocycles. The van der Waals surface area contributed by atoms with E-state index in [4.69, 9.17) is 0 Å². The second-order valence-corrected chi connectivity index (χ2v) is 6.99. The summed E-state index contributed by atoms with van der Waals surface area (Å²) in [4.78, 5) is 29.6. The number of pyridine rings is 2. The molecule has 3 heterocycles. The van der Waals surface area contributed by atoms with Gasteiger partial charge in [0.25, 0.3) is 5.91 Å². The number of amides is 1. The van der Waals surface area contributed by atoms with E-state index in [1.165, 1.54) is 0 Å². The molecule has 0 spiro atoms. The third-order valence-corrected chi connectivity index (χ3v) is 5.02. The molecule has 3 aromatic heterocycles. The molecule has 2 N–H and O–H groups in total. The summed E-state index contributed by atoms with van der Waals surface area (Å²) in [5.41, 5.74) is 4.30. The molecule has 1 amide bonds. The van der Waals surface area contributed by atoms with Gasteiger partial charge in [0.2, 0.25) is 0 Å². The molecule has 0 radical (unpaired) electrons. The van der Waals surface area contributed by atoms with Crippen molar-refractivity contribution >= 4 is 22.6 Å². The lowest BCUT2D eigenvalue weighted by molar-refractivity contribution is 0.0964. The number of nitrogens with zero attached hydrogens (tertiary/aromatic N) is 4. The zero-order chi connectivity index (χ0) is 20.9. The number of carbonyl (C=O) groups excluding carboxylic acids is 1. The average Bonchev–Trinajstić information content (AvgIpc) is 2.82. The summed E-state index contributed by atoms with van der Waals surface area (Å²) < 4.78 is 0. The molecule has 0 bridgehead atoms. The quantitative estimate of drug-likeness (QED) is 0.515. The number of aromatic nitrogens is 4. The van der Waals surface area contributed by atoms with Crippen LogP contribution in [-0.4, -0.2) is 39.4 Å². The topological polar surface area (TPSA) is 92.7 Å². The normalized spacial score (nSPS) is 11.8. The fourth-order valence-electron chi connectivity index (χ4n) is 3.42. The lowest BCUT2D eigenvalue weighted by Gasteiger charge is -2.16. The summed E-state index contributed by atoms with van der Waals surface area (Å²) in [6.07, 6.45) is 6.74. The van der Waals surface area contributed by atoms with Crippen LogP contribution in [0.4, 0.5) is 5.82 Å². The number of benzene rings is 1. The van der Waals surface area contributed by atoms with Crippen LogP contribution in [0.25, 0.3) is 22.2 Å². The van der Waals surface area contributed by atoms with Crippen LogP contribution in [0.3, 0.4) is 0 Å². The van der Waals surface area contributed by atoms with E-state index >= 15 is 0 Å². The summed E-state index contributed by atoms with van der Waals surface area (Å²) >= 11 is 0. The van der Waals surface area contributed by atoms with Crippen LogP contribution in [0.2, 0.25) is 0 Å². The Morgan fingerprint density at radius 1 is 1.07 bits per heavy atom. The number of hydrogen-bond donors (Lipinski definition) is 2. The van der Waals surface area contributed by atoms with Gasteiger partial charge in [0, 0.05) is 55.1 Å². The molecule has 150 valence electrons. The SMILES string of the molecule is CNC(=O)c1ccnc2c([C@H](C)CNc3cc(-c4cccnc4)ncn3)cccc12. The fourth-order valence-corrected chi connectivity index (χ4v) is 3.42. The molecule has 1 aromatic carbocycles. The average molecular weight is 398 g/mol. The molecule has 0 saturated heterocycles. The molecular formula is C23H22N6O. The van der Waals surface area contributed by atoms with Gasteiger partial charge in [-0.1, -0.05) is 25.1 Å². The first-order valence-electron chi connectivity index (χ1n) is 9.73. The predicted molar refractivity (Wildman–Crippen MR) is 117 cm³/mol. The number of para-hydroxylation sites is 1. The minimum atomic E-state index is -0.116. The Morgan fingerprint density at radius 2 is 1.97 bits per heavy atom. The molecule has 0 aliphatic heterocycles. The van der Waals surface area contributed by atoms with Crippen molar-refractivity contribution in [3.8, 4) is 11.3 Å². The van der Waals surface area contributed by atoms with E-state index in [9.17, 15) is 4.79 Å². The van der Waals surface area contributed by atoms with Gasteiger partial charge in [0.1, 0.15) is 12.1 Å². The largest absolute Gasteiger partial charge is 0.369 e.